The second-order valence-electron chi connectivity index (χ2n) is 5.30. The summed E-state index contributed by atoms with van der Waals surface area (Å²) in [5, 5.41) is 9.39. The van der Waals surface area contributed by atoms with Crippen LogP contribution in [-0.4, -0.2) is 36.8 Å². The van der Waals surface area contributed by atoms with Crippen LogP contribution in [0.15, 0.2) is 30.3 Å². The zero-order valence-corrected chi connectivity index (χ0v) is 11.3. The first-order valence-electron chi connectivity index (χ1n) is 6.43. The number of rotatable bonds is 7. The Labute approximate surface area is 105 Å². The molecule has 0 saturated heterocycles. The van der Waals surface area contributed by atoms with Gasteiger partial charge in [0, 0.05) is 25.1 Å². The molecule has 0 bridgehead atoms. The Balaban J connectivity index is 2.37. The maximum atomic E-state index is 9.39. The number of aliphatic hydroxyl groups excluding tert-OH is 1. The Kier molecular flexibility index (Phi) is 5.66. The summed E-state index contributed by atoms with van der Waals surface area (Å²) in [7, 11) is 2.13. The third-order valence-corrected chi connectivity index (χ3v) is 3.51. The minimum Gasteiger partial charge on any atom is -0.396 e. The fourth-order valence-electron chi connectivity index (χ4n) is 1.97. The highest BCUT2D eigenvalue weighted by molar-refractivity contribution is 5.14. The standard InChI is InChI=1S/C15H25NO/c1-4-15(2,13-17)12-16(3)11-10-14-8-6-5-7-9-14/h5-9,17H,4,10-13H2,1-3H3. The smallest absolute Gasteiger partial charge is 0.0496 e. The summed E-state index contributed by atoms with van der Waals surface area (Å²) in [5.74, 6) is 0. The second kappa shape index (κ2) is 6.77. The third kappa shape index (κ3) is 4.88. The SMILES string of the molecule is CCC(C)(CO)CN(C)CCc1ccccc1. The molecular formula is C15H25NO. The van der Waals surface area contributed by atoms with Crippen LogP contribution in [-0.2, 0) is 6.42 Å². The quantitative estimate of drug-likeness (QED) is 0.785. The largest absolute Gasteiger partial charge is 0.396 e. The van der Waals surface area contributed by atoms with Crippen molar-refractivity contribution >= 4 is 0 Å². The van der Waals surface area contributed by atoms with Crippen molar-refractivity contribution in [3.63, 3.8) is 0 Å². The predicted octanol–water partition coefficient (Wildman–Crippen LogP) is 2.57. The van der Waals surface area contributed by atoms with Crippen molar-refractivity contribution in [2.75, 3.05) is 26.7 Å². The molecular weight excluding hydrogens is 210 g/mol. The van der Waals surface area contributed by atoms with E-state index in [1.807, 2.05) is 6.07 Å². The monoisotopic (exact) mass is 235 g/mol. The van der Waals surface area contributed by atoms with E-state index in [-0.39, 0.29) is 12.0 Å². The van der Waals surface area contributed by atoms with Crippen LogP contribution in [0, 0.1) is 5.41 Å². The molecule has 0 aromatic heterocycles. The van der Waals surface area contributed by atoms with Crippen LogP contribution in [0.2, 0.25) is 0 Å². The van der Waals surface area contributed by atoms with Crippen molar-refractivity contribution in [2.24, 2.45) is 5.41 Å². The van der Waals surface area contributed by atoms with E-state index >= 15 is 0 Å². The van der Waals surface area contributed by atoms with E-state index in [0.717, 1.165) is 25.9 Å². The van der Waals surface area contributed by atoms with Crippen LogP contribution in [0.25, 0.3) is 0 Å². The van der Waals surface area contributed by atoms with Gasteiger partial charge in [0.2, 0.25) is 0 Å². The summed E-state index contributed by atoms with van der Waals surface area (Å²) < 4.78 is 0. The molecule has 0 aliphatic rings. The Morgan fingerprint density at radius 3 is 2.41 bits per heavy atom. The summed E-state index contributed by atoms with van der Waals surface area (Å²) >= 11 is 0. The molecule has 1 rings (SSSR count). The molecule has 0 fully saturated rings. The molecule has 0 aliphatic carbocycles. The molecule has 0 spiro atoms. The van der Waals surface area contributed by atoms with E-state index in [1.54, 1.807) is 0 Å². The Bertz CT molecular complexity index is 306. The molecule has 1 N–H and O–H groups in total. The van der Waals surface area contributed by atoms with Crippen LogP contribution < -0.4 is 0 Å². The first-order chi connectivity index (χ1) is 8.09. The lowest BCUT2D eigenvalue weighted by Crippen LogP contribution is -2.36. The van der Waals surface area contributed by atoms with Gasteiger partial charge in [0.05, 0.1) is 0 Å². The molecule has 1 aromatic rings. The van der Waals surface area contributed by atoms with Crippen molar-refractivity contribution in [2.45, 2.75) is 26.7 Å². The first-order valence-corrected chi connectivity index (χ1v) is 6.43. The van der Waals surface area contributed by atoms with E-state index in [9.17, 15) is 5.11 Å². The number of benzene rings is 1. The minimum absolute atomic E-state index is 0.0332. The molecule has 0 heterocycles. The normalized spacial score (nSPS) is 14.9. The lowest BCUT2D eigenvalue weighted by Gasteiger charge is -2.31. The van der Waals surface area contributed by atoms with Gasteiger partial charge in [-0.05, 0) is 25.5 Å². The fourth-order valence-corrected chi connectivity index (χ4v) is 1.97. The average molecular weight is 235 g/mol. The van der Waals surface area contributed by atoms with Gasteiger partial charge in [-0.15, -0.1) is 0 Å². The van der Waals surface area contributed by atoms with Crippen molar-refractivity contribution in [3.05, 3.63) is 35.9 Å². The molecule has 1 atom stereocenters. The average Bonchev–Trinajstić information content (AvgIpc) is 2.37. The molecule has 0 saturated carbocycles. The molecule has 2 nitrogen and oxygen atoms in total. The molecule has 1 unspecified atom stereocenters. The summed E-state index contributed by atoms with van der Waals surface area (Å²) in [5.41, 5.74) is 1.41. The topological polar surface area (TPSA) is 23.5 Å². The maximum Gasteiger partial charge on any atom is 0.0496 e. The van der Waals surface area contributed by atoms with Gasteiger partial charge in [-0.25, -0.2) is 0 Å². The van der Waals surface area contributed by atoms with E-state index in [0.29, 0.717) is 0 Å². The number of hydrogen-bond donors (Lipinski definition) is 1. The number of aliphatic hydroxyl groups is 1. The van der Waals surface area contributed by atoms with Crippen LogP contribution in [0.4, 0.5) is 0 Å². The van der Waals surface area contributed by atoms with Crippen LogP contribution in [0.5, 0.6) is 0 Å². The molecule has 0 amide bonds. The maximum absolute atomic E-state index is 9.39. The van der Waals surface area contributed by atoms with E-state index < -0.39 is 0 Å². The van der Waals surface area contributed by atoms with Crippen molar-refractivity contribution in [3.8, 4) is 0 Å². The van der Waals surface area contributed by atoms with Gasteiger partial charge in [-0.1, -0.05) is 44.2 Å². The van der Waals surface area contributed by atoms with Gasteiger partial charge in [-0.3, -0.25) is 0 Å². The van der Waals surface area contributed by atoms with Crippen molar-refractivity contribution in [1.82, 2.24) is 4.90 Å². The number of hydrogen-bond acceptors (Lipinski definition) is 2. The third-order valence-electron chi connectivity index (χ3n) is 3.51. The van der Waals surface area contributed by atoms with Gasteiger partial charge in [0.15, 0.2) is 0 Å². The van der Waals surface area contributed by atoms with Crippen molar-refractivity contribution in [1.29, 1.82) is 0 Å². The van der Waals surface area contributed by atoms with Crippen LogP contribution in [0.3, 0.4) is 0 Å². The van der Waals surface area contributed by atoms with Crippen LogP contribution in [0.1, 0.15) is 25.8 Å². The number of nitrogens with zero attached hydrogens (tertiary/aromatic N) is 1. The molecule has 96 valence electrons. The molecule has 0 radical (unpaired) electrons. The summed E-state index contributed by atoms with van der Waals surface area (Å²) in [4.78, 5) is 2.31. The van der Waals surface area contributed by atoms with Gasteiger partial charge >= 0.3 is 0 Å². The van der Waals surface area contributed by atoms with Gasteiger partial charge in [0.1, 0.15) is 0 Å². The van der Waals surface area contributed by atoms with Gasteiger partial charge < -0.3 is 10.0 Å². The van der Waals surface area contributed by atoms with Gasteiger partial charge in [-0.2, -0.15) is 0 Å². The zero-order chi connectivity index (χ0) is 12.7. The van der Waals surface area contributed by atoms with E-state index in [2.05, 4.69) is 50.1 Å². The zero-order valence-electron chi connectivity index (χ0n) is 11.3. The highest BCUT2D eigenvalue weighted by Crippen LogP contribution is 2.21. The Morgan fingerprint density at radius 2 is 1.88 bits per heavy atom. The Hall–Kier alpha value is -0.860. The molecule has 17 heavy (non-hydrogen) atoms. The summed E-state index contributed by atoms with van der Waals surface area (Å²) in [6, 6.07) is 10.5. The lowest BCUT2D eigenvalue weighted by atomic mass is 9.88. The second-order valence-corrected chi connectivity index (χ2v) is 5.30. The summed E-state index contributed by atoms with van der Waals surface area (Å²) in [6.07, 6.45) is 2.09. The Morgan fingerprint density at radius 1 is 1.24 bits per heavy atom. The minimum atomic E-state index is 0.0332. The molecule has 0 aliphatic heterocycles. The van der Waals surface area contributed by atoms with Crippen molar-refractivity contribution < 1.29 is 5.11 Å². The fraction of sp³-hybridized carbons (Fsp3) is 0.600. The lowest BCUT2D eigenvalue weighted by molar-refractivity contribution is 0.0961. The highest BCUT2D eigenvalue weighted by atomic mass is 16.3. The van der Waals surface area contributed by atoms with Gasteiger partial charge in [0.25, 0.3) is 0 Å². The van der Waals surface area contributed by atoms with Crippen LogP contribution >= 0.6 is 0 Å². The molecule has 1 aromatic carbocycles. The highest BCUT2D eigenvalue weighted by Gasteiger charge is 2.22. The van der Waals surface area contributed by atoms with E-state index in [4.69, 9.17) is 0 Å². The summed E-state index contributed by atoms with van der Waals surface area (Å²) in [6.45, 7) is 6.54. The first kappa shape index (κ1) is 14.2. The predicted molar refractivity (Wildman–Crippen MR) is 73.1 cm³/mol. The molecule has 2 heteroatoms. The number of likely N-dealkylation sites (N-methyl/N-ethyl adjacent to an activating group) is 1. The van der Waals surface area contributed by atoms with E-state index in [1.165, 1.54) is 5.56 Å².